The molecule has 3 nitrogen and oxygen atoms in total. The van der Waals surface area contributed by atoms with E-state index < -0.39 is 0 Å². The fourth-order valence-corrected chi connectivity index (χ4v) is 2.81. The van der Waals surface area contributed by atoms with E-state index in [-0.39, 0.29) is 5.41 Å². The third-order valence-corrected chi connectivity index (χ3v) is 4.60. The van der Waals surface area contributed by atoms with Crippen molar-refractivity contribution in [3.63, 3.8) is 0 Å². The summed E-state index contributed by atoms with van der Waals surface area (Å²) >= 11 is 6.18. The number of aromatic nitrogens is 1. The average Bonchev–Trinajstić information content (AvgIpc) is 2.62. The number of allylic oxidation sites excluding steroid dienone is 1. The van der Waals surface area contributed by atoms with Crippen molar-refractivity contribution in [2.45, 2.75) is 38.9 Å². The van der Waals surface area contributed by atoms with Crippen LogP contribution in [0, 0.1) is 0 Å². The van der Waals surface area contributed by atoms with Crippen LogP contribution in [0.25, 0.3) is 0 Å². The molecule has 0 aliphatic carbocycles. The van der Waals surface area contributed by atoms with Crippen LogP contribution in [0.5, 0.6) is 5.88 Å². The lowest BCUT2D eigenvalue weighted by Gasteiger charge is -2.28. The van der Waals surface area contributed by atoms with Crippen molar-refractivity contribution >= 4 is 11.6 Å². The molecule has 0 aliphatic rings. The lowest BCUT2D eigenvalue weighted by Crippen LogP contribution is -2.21. The number of pyridine rings is 1. The normalized spacial score (nSPS) is 13.3. The Bertz CT molecular complexity index is 688. The Hall–Kier alpha value is -1.84. The molecule has 0 radical (unpaired) electrons. The van der Waals surface area contributed by atoms with Crippen molar-refractivity contribution in [2.24, 2.45) is 0 Å². The summed E-state index contributed by atoms with van der Waals surface area (Å²) in [4.78, 5) is 4.29. The topological polar surface area (TPSA) is 31.4 Å². The van der Waals surface area contributed by atoms with Crippen molar-refractivity contribution in [2.75, 3.05) is 7.11 Å². The number of hydrogen-bond donors (Lipinski definition) is 0. The largest absolute Gasteiger partial charge is 0.481 e. The number of ether oxygens (including phenoxy) is 2. The second-order valence-electron chi connectivity index (χ2n) is 5.93. The predicted octanol–water partition coefficient (Wildman–Crippen LogP) is 5.31. The zero-order chi connectivity index (χ0) is 17.6. The number of rotatable bonds is 8. The molecule has 0 fully saturated rings. The van der Waals surface area contributed by atoms with Gasteiger partial charge in [0.1, 0.15) is 5.15 Å². The van der Waals surface area contributed by atoms with Gasteiger partial charge in [-0.3, -0.25) is 0 Å². The van der Waals surface area contributed by atoms with Gasteiger partial charge >= 0.3 is 0 Å². The molecule has 128 valence electrons. The Morgan fingerprint density at radius 2 is 1.96 bits per heavy atom. The summed E-state index contributed by atoms with van der Waals surface area (Å²) in [5, 5.41) is 0.412. The summed E-state index contributed by atoms with van der Waals surface area (Å²) in [7, 11) is 1.60. The summed E-state index contributed by atoms with van der Waals surface area (Å²) in [6.45, 7) is 9.18. The van der Waals surface area contributed by atoms with Crippen molar-refractivity contribution in [1.29, 1.82) is 0 Å². The molecule has 1 aromatic heterocycles. The first kappa shape index (κ1) is 18.5. The van der Waals surface area contributed by atoms with Gasteiger partial charge in [0.05, 0.1) is 20.3 Å². The van der Waals surface area contributed by atoms with E-state index in [0.717, 1.165) is 23.1 Å². The molecule has 0 spiro atoms. The molecule has 1 aromatic carbocycles. The van der Waals surface area contributed by atoms with Gasteiger partial charge in [-0.2, -0.15) is 0 Å². The van der Waals surface area contributed by atoms with E-state index in [1.807, 2.05) is 42.5 Å². The van der Waals surface area contributed by atoms with Crippen molar-refractivity contribution in [1.82, 2.24) is 4.98 Å². The van der Waals surface area contributed by atoms with Crippen LogP contribution in [0.2, 0.25) is 5.15 Å². The van der Waals surface area contributed by atoms with Gasteiger partial charge < -0.3 is 9.47 Å². The third-order valence-electron chi connectivity index (χ3n) is 4.41. The highest BCUT2D eigenvalue weighted by atomic mass is 35.5. The van der Waals surface area contributed by atoms with Crippen LogP contribution in [0.15, 0.2) is 49.1 Å². The number of methoxy groups -OCH3 is 1. The maximum absolute atomic E-state index is 6.18. The summed E-state index contributed by atoms with van der Waals surface area (Å²) in [5.41, 5.74) is 2.87. The molecule has 1 unspecified atom stereocenters. The minimum atomic E-state index is -0.217. The molecule has 0 bridgehead atoms. The average molecular weight is 346 g/mol. The number of halogens is 1. The van der Waals surface area contributed by atoms with Crippen molar-refractivity contribution in [3.8, 4) is 5.88 Å². The van der Waals surface area contributed by atoms with E-state index in [4.69, 9.17) is 21.1 Å². The van der Waals surface area contributed by atoms with Crippen molar-refractivity contribution in [3.05, 3.63) is 70.9 Å². The highest BCUT2D eigenvalue weighted by molar-refractivity contribution is 6.29. The molecule has 0 amide bonds. The van der Waals surface area contributed by atoms with Gasteiger partial charge in [-0.25, -0.2) is 4.98 Å². The highest BCUT2D eigenvalue weighted by Gasteiger charge is 2.27. The smallest absolute Gasteiger partial charge is 0.220 e. The molecule has 24 heavy (non-hydrogen) atoms. The first-order valence-corrected chi connectivity index (χ1v) is 8.41. The van der Waals surface area contributed by atoms with Crippen LogP contribution in [-0.2, 0) is 23.4 Å². The predicted molar refractivity (Wildman–Crippen MR) is 98.6 cm³/mol. The highest BCUT2D eigenvalue weighted by Crippen LogP contribution is 2.36. The van der Waals surface area contributed by atoms with Crippen LogP contribution in [0.1, 0.15) is 37.0 Å². The molecule has 2 rings (SSSR count). The van der Waals surface area contributed by atoms with Gasteiger partial charge in [-0.05, 0) is 23.6 Å². The van der Waals surface area contributed by atoms with Gasteiger partial charge in [0.25, 0.3) is 0 Å². The van der Waals surface area contributed by atoms with Crippen molar-refractivity contribution < 1.29 is 9.47 Å². The first-order valence-electron chi connectivity index (χ1n) is 8.03. The fourth-order valence-electron chi connectivity index (χ4n) is 2.63. The molecule has 0 saturated heterocycles. The van der Waals surface area contributed by atoms with Gasteiger partial charge in [-0.15, -0.1) is 6.58 Å². The van der Waals surface area contributed by atoms with E-state index in [1.54, 1.807) is 7.11 Å². The first-order chi connectivity index (χ1) is 11.5. The Morgan fingerprint density at radius 3 is 2.54 bits per heavy atom. The maximum atomic E-state index is 6.18. The Labute approximate surface area is 149 Å². The lowest BCUT2D eigenvalue weighted by molar-refractivity contribution is 0.104. The molecular weight excluding hydrogens is 322 g/mol. The van der Waals surface area contributed by atoms with Crippen LogP contribution in [-0.4, -0.2) is 12.1 Å². The molecule has 0 saturated carbocycles. The quantitative estimate of drug-likeness (QED) is 0.479. The second kappa shape index (κ2) is 8.32. The number of benzene rings is 1. The summed E-state index contributed by atoms with van der Waals surface area (Å²) in [6.07, 6.45) is 2.84. The summed E-state index contributed by atoms with van der Waals surface area (Å²) in [5.74, 6) is 0.507. The van der Waals surface area contributed by atoms with Crippen LogP contribution >= 0.6 is 11.6 Å². The fraction of sp³-hybridized carbons (Fsp3) is 0.350. The Balaban J connectivity index is 2.31. The zero-order valence-electron chi connectivity index (χ0n) is 14.5. The summed E-state index contributed by atoms with van der Waals surface area (Å²) < 4.78 is 11.4. The number of nitrogens with zero attached hydrogens (tertiary/aromatic N) is 1. The minimum Gasteiger partial charge on any atom is -0.481 e. The van der Waals surface area contributed by atoms with Gasteiger partial charge in [-0.1, -0.05) is 61.9 Å². The molecule has 1 atom stereocenters. The lowest BCUT2D eigenvalue weighted by atomic mass is 9.78. The minimum absolute atomic E-state index is 0.217. The van der Waals surface area contributed by atoms with Gasteiger partial charge in [0, 0.05) is 11.0 Å². The standard InChI is InChI=1S/C20H24ClNO2/c1-5-20(3,6-2)17-12-18(21)22-19(23-4)16(17)14-24-13-15-10-8-7-9-11-15/h5,7-12H,1,6,13-14H2,2-4H3. The molecular formula is C20H24ClNO2. The summed E-state index contributed by atoms with van der Waals surface area (Å²) in [6, 6.07) is 12.0. The van der Waals surface area contributed by atoms with E-state index in [2.05, 4.69) is 25.4 Å². The SMILES string of the molecule is C=CC(C)(CC)c1cc(Cl)nc(OC)c1COCc1ccccc1. The molecule has 1 heterocycles. The monoisotopic (exact) mass is 345 g/mol. The Kier molecular flexibility index (Phi) is 6.41. The van der Waals surface area contributed by atoms with E-state index in [1.165, 1.54) is 0 Å². The van der Waals surface area contributed by atoms with Crippen LogP contribution in [0.3, 0.4) is 0 Å². The van der Waals surface area contributed by atoms with Crippen LogP contribution in [0.4, 0.5) is 0 Å². The maximum Gasteiger partial charge on any atom is 0.220 e. The van der Waals surface area contributed by atoms with E-state index in [0.29, 0.717) is 24.2 Å². The van der Waals surface area contributed by atoms with Crippen LogP contribution < -0.4 is 4.74 Å². The Morgan fingerprint density at radius 1 is 1.25 bits per heavy atom. The third kappa shape index (κ3) is 4.16. The van der Waals surface area contributed by atoms with Gasteiger partial charge in [0.2, 0.25) is 5.88 Å². The molecule has 2 aromatic rings. The second-order valence-corrected chi connectivity index (χ2v) is 6.32. The molecule has 4 heteroatoms. The van der Waals surface area contributed by atoms with E-state index in [9.17, 15) is 0 Å². The van der Waals surface area contributed by atoms with Gasteiger partial charge in [0.15, 0.2) is 0 Å². The van der Waals surface area contributed by atoms with E-state index >= 15 is 0 Å². The number of hydrogen-bond acceptors (Lipinski definition) is 3. The molecule has 0 aliphatic heterocycles. The molecule has 0 N–H and O–H groups in total. The zero-order valence-corrected chi connectivity index (χ0v) is 15.3.